The third-order valence-corrected chi connectivity index (χ3v) is 20.7. The second kappa shape index (κ2) is 32.6. The lowest BCUT2D eigenvalue weighted by molar-refractivity contribution is 1.00. The number of rotatable bonds is 27. The maximum atomic E-state index is 5.14. The minimum Gasteiger partial charge on any atom is -0.255 e. The van der Waals surface area contributed by atoms with Crippen LogP contribution in [-0.4, -0.2) is 125 Å². The highest BCUT2D eigenvalue weighted by Crippen LogP contribution is 2.36. The summed E-state index contributed by atoms with van der Waals surface area (Å²) in [7, 11) is 0. The first kappa shape index (κ1) is 66.9. The molecule has 0 aliphatic rings. The first-order valence-corrected chi connectivity index (χ1v) is 37.3. The van der Waals surface area contributed by atoms with Gasteiger partial charge in [0.15, 0.2) is 0 Å². The monoisotopic (exact) mass is 1380 g/mol. The summed E-state index contributed by atoms with van der Waals surface area (Å²) < 4.78 is 0. The SMILES string of the molecule is CCCSc1cc(-c2ccc(-c3ccccn3)nn2)nc(-c2ccc(-c3cc(SCCC)cc(-c4ccc(-c5cc(SCCC)cc(-c6ccc(-c7cc(SCCC)cc(-c8ccc(-c9cc(SCCC)cc(-c%10ccc(-c%11ccccn%11)nn%10)n9)nn8)n7)nn6)n5)nn4)n3)nn2)c1. The Kier molecular flexibility index (Phi) is 22.2. The Morgan fingerprint density at radius 1 is 0.194 bits per heavy atom. The normalized spacial score (nSPS) is 11.3. The number of nitrogens with zero attached hydrogens (tertiary/aromatic N) is 19. The van der Waals surface area contributed by atoms with Crippen LogP contribution < -0.4 is 0 Å². The molecule has 98 heavy (non-hydrogen) atoms. The second-order valence-electron chi connectivity index (χ2n) is 22.4. The van der Waals surface area contributed by atoms with Crippen LogP contribution in [0.1, 0.15) is 66.7 Å². The summed E-state index contributed by atoms with van der Waals surface area (Å²) in [6.07, 6.45) is 8.53. The molecule has 0 saturated heterocycles. The molecule has 0 fully saturated rings. The van der Waals surface area contributed by atoms with Gasteiger partial charge in [-0.1, -0.05) is 46.8 Å². The molecular weight excluding hydrogens is 1320 g/mol. The fourth-order valence-electron chi connectivity index (χ4n) is 10.0. The minimum absolute atomic E-state index is 0.604. The summed E-state index contributed by atoms with van der Waals surface area (Å²) in [5, 5.41) is 56.2. The number of pyridine rings is 7. The zero-order valence-corrected chi connectivity index (χ0v) is 58.5. The maximum absolute atomic E-state index is 5.14. The molecule has 13 heterocycles. The smallest absolute Gasteiger partial charge is 0.111 e. The zero-order valence-electron chi connectivity index (χ0n) is 54.4. The average molecular weight is 1380 g/mol. The van der Waals surface area contributed by atoms with E-state index in [1.54, 1.807) is 71.2 Å². The van der Waals surface area contributed by atoms with Gasteiger partial charge in [-0.2, -0.15) is 0 Å². The predicted molar refractivity (Wildman–Crippen MR) is 395 cm³/mol. The molecule has 19 nitrogen and oxygen atoms in total. The molecule has 13 rings (SSSR count). The van der Waals surface area contributed by atoms with E-state index in [1.165, 1.54) is 0 Å². The molecule has 0 saturated carbocycles. The largest absolute Gasteiger partial charge is 0.255 e. The molecular formula is C74H65N19S5. The molecule has 0 aromatic carbocycles. The molecule has 0 N–H and O–H groups in total. The van der Waals surface area contributed by atoms with Gasteiger partial charge in [-0.3, -0.25) is 9.97 Å². The fraction of sp³-hybridized carbons (Fsp3) is 0.203. The van der Waals surface area contributed by atoms with Gasteiger partial charge in [0.25, 0.3) is 0 Å². The molecule has 0 bridgehead atoms. The standard InChI is InChI=1S/C74H65N19S5/c1-6-31-94-46-36-65(55-19-17-53(82-84-55)51-15-11-13-29-75-51)77-67(38-46)57-21-23-59(88-86-57)69-40-48(96-33-8-3)42-71(79-69)61-25-27-63(92-90-61)73-44-50(98-35-10-5)45-74(81-73)64-28-26-62(91-93-64)72-43-49(97-34-9-4)41-70(80-72)60-24-22-58(87-89-60)68-39-47(95-32-7-2)37-66(78-68)56-20-18-54(83-85-56)52-16-12-14-30-76-52/h11-30,36-45H,6-10,31-35H2,1-5H3. The minimum atomic E-state index is 0.604. The summed E-state index contributed by atoms with van der Waals surface area (Å²) in [6, 6.07) is 55.2. The van der Waals surface area contributed by atoms with Crippen molar-refractivity contribution in [3.05, 3.63) is 182 Å². The number of hydrogen-bond acceptors (Lipinski definition) is 24. The van der Waals surface area contributed by atoms with Crippen LogP contribution in [0.4, 0.5) is 0 Å². The summed E-state index contributed by atoms with van der Waals surface area (Å²) in [6.45, 7) is 10.8. The van der Waals surface area contributed by atoms with Crippen LogP contribution in [0.5, 0.6) is 0 Å². The lowest BCUT2D eigenvalue weighted by Crippen LogP contribution is -2.00. The van der Waals surface area contributed by atoms with E-state index in [9.17, 15) is 0 Å². The van der Waals surface area contributed by atoms with Crippen molar-refractivity contribution >= 4 is 58.8 Å². The quantitative estimate of drug-likeness (QED) is 0.0434. The number of hydrogen-bond donors (Lipinski definition) is 0. The van der Waals surface area contributed by atoms with Crippen molar-refractivity contribution in [2.75, 3.05) is 28.8 Å². The Balaban J connectivity index is 0.745. The van der Waals surface area contributed by atoms with Crippen LogP contribution in [0.25, 0.3) is 137 Å². The molecule has 24 heteroatoms. The highest BCUT2D eigenvalue weighted by atomic mass is 32.2. The molecule has 13 aromatic rings. The zero-order chi connectivity index (χ0) is 67.0. The van der Waals surface area contributed by atoms with Crippen LogP contribution in [0.3, 0.4) is 0 Å². The molecule has 0 radical (unpaired) electrons. The summed E-state index contributed by atoms with van der Waals surface area (Å²) in [5.74, 6) is 4.67. The predicted octanol–water partition coefficient (Wildman–Crippen LogP) is 17.7. The van der Waals surface area contributed by atoms with Gasteiger partial charge in [-0.15, -0.1) is 120 Å². The van der Waals surface area contributed by atoms with Gasteiger partial charge in [0.1, 0.15) is 68.3 Å². The van der Waals surface area contributed by atoms with Crippen molar-refractivity contribution in [1.29, 1.82) is 0 Å². The van der Waals surface area contributed by atoms with Gasteiger partial charge in [0.05, 0.1) is 68.3 Å². The van der Waals surface area contributed by atoms with Gasteiger partial charge in [0, 0.05) is 36.9 Å². The van der Waals surface area contributed by atoms with Gasteiger partial charge >= 0.3 is 0 Å². The third kappa shape index (κ3) is 16.6. The van der Waals surface area contributed by atoms with E-state index in [0.717, 1.165) is 96.7 Å². The average Bonchev–Trinajstić information content (AvgIpc) is 0.814. The van der Waals surface area contributed by atoms with E-state index < -0.39 is 0 Å². The molecule has 13 aromatic heterocycles. The molecule has 0 aliphatic carbocycles. The molecule has 0 aliphatic heterocycles. The van der Waals surface area contributed by atoms with Crippen LogP contribution in [0.2, 0.25) is 0 Å². The second-order valence-corrected chi connectivity index (χ2v) is 28.2. The molecule has 0 spiro atoms. The van der Waals surface area contributed by atoms with Crippen LogP contribution in [0.15, 0.2) is 207 Å². The van der Waals surface area contributed by atoms with Crippen molar-refractivity contribution in [1.82, 2.24) is 96.1 Å². The molecule has 0 amide bonds. The first-order chi connectivity index (χ1) is 48.3. The topological polar surface area (TPSA) is 245 Å². The lowest BCUT2D eigenvalue weighted by atomic mass is 10.1. The van der Waals surface area contributed by atoms with Gasteiger partial charge in [-0.05, 0) is 219 Å². The third-order valence-electron chi connectivity index (χ3n) is 14.8. The highest BCUT2D eigenvalue weighted by molar-refractivity contribution is 8.00. The fourth-order valence-corrected chi connectivity index (χ4v) is 14.2. The van der Waals surface area contributed by atoms with E-state index in [4.69, 9.17) is 65.7 Å². The van der Waals surface area contributed by atoms with Crippen molar-refractivity contribution in [2.24, 2.45) is 0 Å². The van der Waals surface area contributed by atoms with Crippen LogP contribution in [0, 0.1) is 0 Å². The van der Waals surface area contributed by atoms with Gasteiger partial charge in [0.2, 0.25) is 0 Å². The van der Waals surface area contributed by atoms with E-state index >= 15 is 0 Å². The Morgan fingerprint density at radius 3 is 0.490 bits per heavy atom. The Labute approximate surface area is 589 Å². The first-order valence-electron chi connectivity index (χ1n) is 32.4. The summed E-state index contributed by atoms with van der Waals surface area (Å²) in [5.41, 5.74) is 15.8. The highest BCUT2D eigenvalue weighted by Gasteiger charge is 2.20. The van der Waals surface area contributed by atoms with Crippen molar-refractivity contribution < 1.29 is 0 Å². The van der Waals surface area contributed by atoms with Gasteiger partial charge in [-0.25, -0.2) is 24.9 Å². The molecule has 486 valence electrons. The van der Waals surface area contributed by atoms with E-state index in [-0.39, 0.29) is 0 Å². The van der Waals surface area contributed by atoms with Crippen molar-refractivity contribution in [2.45, 2.75) is 91.2 Å². The summed E-state index contributed by atoms with van der Waals surface area (Å²) >= 11 is 8.78. The van der Waals surface area contributed by atoms with E-state index in [2.05, 4.69) is 114 Å². The van der Waals surface area contributed by atoms with E-state index in [0.29, 0.717) is 125 Å². The Morgan fingerprint density at radius 2 is 0.357 bits per heavy atom. The van der Waals surface area contributed by atoms with E-state index in [1.807, 2.05) is 121 Å². The molecule has 0 unspecified atom stereocenters. The molecule has 0 atom stereocenters. The maximum Gasteiger partial charge on any atom is 0.111 e. The van der Waals surface area contributed by atoms with Crippen LogP contribution in [-0.2, 0) is 0 Å². The number of thioether (sulfide) groups is 5. The lowest BCUT2D eigenvalue weighted by Gasteiger charge is -2.11. The Bertz CT molecular complexity index is 4520. The van der Waals surface area contributed by atoms with Crippen LogP contribution >= 0.6 is 58.8 Å². The number of aromatic nitrogens is 19. The Hall–Kier alpha value is -9.72. The summed E-state index contributed by atoms with van der Waals surface area (Å²) in [4.78, 5) is 39.5. The van der Waals surface area contributed by atoms with Crippen molar-refractivity contribution in [3.63, 3.8) is 0 Å². The van der Waals surface area contributed by atoms with Gasteiger partial charge < -0.3 is 0 Å². The van der Waals surface area contributed by atoms with Crippen molar-refractivity contribution in [3.8, 4) is 137 Å².